The van der Waals surface area contributed by atoms with E-state index in [0.717, 1.165) is 5.52 Å². The van der Waals surface area contributed by atoms with E-state index in [2.05, 4.69) is 46.4 Å². The summed E-state index contributed by atoms with van der Waals surface area (Å²) >= 11 is 0. The molecule has 10 rings (SSSR count). The van der Waals surface area contributed by atoms with E-state index >= 15 is 4.39 Å². The number of fused-ring (bicyclic) bond motifs is 4. The molecule has 1 saturated carbocycles. The van der Waals surface area contributed by atoms with Crippen LogP contribution in [0.15, 0.2) is 48.9 Å². The van der Waals surface area contributed by atoms with E-state index in [1.165, 1.54) is 17.9 Å². The van der Waals surface area contributed by atoms with Gasteiger partial charge in [-0.2, -0.15) is 20.4 Å². The summed E-state index contributed by atoms with van der Waals surface area (Å²) in [5.74, 6) is -6.86. The maximum absolute atomic E-state index is 15.9. The molecule has 0 spiro atoms. The molecule has 460 valence electrons. The molecule has 3 fully saturated rings. The van der Waals surface area contributed by atoms with Gasteiger partial charge in [-0.25, -0.2) is 13.2 Å². The van der Waals surface area contributed by atoms with E-state index < -0.39 is 46.8 Å². The van der Waals surface area contributed by atoms with Gasteiger partial charge in [-0.1, -0.05) is 19.1 Å². The normalized spacial score (nSPS) is 18.4. The van der Waals surface area contributed by atoms with Crippen LogP contribution in [-0.2, 0) is 74.1 Å². The number of halogens is 3. The van der Waals surface area contributed by atoms with Crippen molar-refractivity contribution in [1.29, 1.82) is 0 Å². The molecule has 2 aliphatic carbocycles. The number of esters is 1. The van der Waals surface area contributed by atoms with Crippen molar-refractivity contribution in [1.82, 2.24) is 65.3 Å². The number of nitrogens with one attached hydrogen (secondary N) is 5. The highest BCUT2D eigenvalue weighted by atomic mass is 19.3. The Labute approximate surface area is 492 Å². The molecular formula is C58H71F3N14O11. The summed E-state index contributed by atoms with van der Waals surface area (Å²) in [4.78, 5) is 92.5. The summed E-state index contributed by atoms with van der Waals surface area (Å²) in [5.41, 5.74) is 3.47. The van der Waals surface area contributed by atoms with E-state index in [1.807, 2.05) is 0 Å². The highest BCUT2D eigenvalue weighted by molar-refractivity contribution is 6.04. The number of ether oxygens (including phenoxy) is 4. The highest BCUT2D eigenvalue weighted by Crippen LogP contribution is 2.70. The number of carbonyl (C=O) groups is 7. The van der Waals surface area contributed by atoms with Crippen LogP contribution >= 0.6 is 0 Å². The third-order valence-corrected chi connectivity index (χ3v) is 17.0. The van der Waals surface area contributed by atoms with Gasteiger partial charge in [0, 0.05) is 110 Å². The first-order chi connectivity index (χ1) is 41.4. The number of alkyl halides is 2. The molecule has 6 amide bonds. The Morgan fingerprint density at radius 2 is 1.47 bits per heavy atom. The van der Waals surface area contributed by atoms with Gasteiger partial charge in [-0.05, 0) is 55.9 Å². The Kier molecular flexibility index (Phi) is 18.8. The monoisotopic (exact) mass is 1200 g/mol. The summed E-state index contributed by atoms with van der Waals surface area (Å²) in [6, 6.07) is 8.56. The Morgan fingerprint density at radius 3 is 2.21 bits per heavy atom. The zero-order valence-corrected chi connectivity index (χ0v) is 48.3. The van der Waals surface area contributed by atoms with Crippen molar-refractivity contribution in [3.63, 3.8) is 0 Å². The minimum atomic E-state index is -2.76. The number of piperidine rings is 2. The van der Waals surface area contributed by atoms with Crippen LogP contribution in [0.2, 0.25) is 0 Å². The lowest BCUT2D eigenvalue weighted by Gasteiger charge is -2.32. The van der Waals surface area contributed by atoms with E-state index in [9.17, 15) is 42.3 Å². The Hall–Kier alpha value is -8.24. The summed E-state index contributed by atoms with van der Waals surface area (Å²) in [6.45, 7) is 4.38. The van der Waals surface area contributed by atoms with Crippen molar-refractivity contribution in [2.45, 2.75) is 89.1 Å². The van der Waals surface area contributed by atoms with Gasteiger partial charge in [0.1, 0.15) is 18.9 Å². The lowest BCUT2D eigenvalue weighted by Crippen LogP contribution is -2.40. The van der Waals surface area contributed by atoms with Gasteiger partial charge in [0.15, 0.2) is 5.69 Å². The number of H-pyrrole nitrogens is 1. The molecule has 6 heterocycles. The second kappa shape index (κ2) is 26.6. The second-order valence-corrected chi connectivity index (χ2v) is 22.4. The molecule has 6 aromatic rings. The average molecular weight is 1200 g/mol. The van der Waals surface area contributed by atoms with Gasteiger partial charge in [0.2, 0.25) is 29.5 Å². The number of nitrogens with zero attached hydrogens (tertiary/aromatic N) is 9. The molecule has 28 heteroatoms. The SMILES string of the molecule is COC(=O)CNC(=O)CNC(=O)Cn1nc(C2CCN(C(=O)CCC(=O)NCCOCCOCCOCCC(=O)N3CCC(n4cc(NC(=O)c5n[nH]c6c5C[C@H]5C(F)(F)[C@@]5(C)C6)cn4)CC3)CC2)c2c(-c3cc4c(cnn4C)cc3F)cccc21. The largest absolute Gasteiger partial charge is 0.468 e. The minimum absolute atomic E-state index is 0.00299. The third-order valence-electron chi connectivity index (χ3n) is 17.0. The van der Waals surface area contributed by atoms with E-state index in [-0.39, 0.29) is 113 Å². The number of carbonyl (C=O) groups excluding carboxylic acids is 7. The topological polar surface area (TPSA) is 293 Å². The quantitative estimate of drug-likeness (QED) is 0.0383. The van der Waals surface area contributed by atoms with Gasteiger partial charge in [-0.3, -0.25) is 52.7 Å². The Morgan fingerprint density at radius 1 is 0.767 bits per heavy atom. The zero-order valence-electron chi connectivity index (χ0n) is 48.3. The van der Waals surface area contributed by atoms with Crippen LogP contribution in [-0.4, -0.2) is 189 Å². The summed E-state index contributed by atoms with van der Waals surface area (Å²) in [7, 11) is 2.97. The molecule has 0 unspecified atom stereocenters. The molecule has 2 aromatic carbocycles. The molecule has 2 saturated heterocycles. The van der Waals surface area contributed by atoms with Crippen molar-refractivity contribution in [2.24, 2.45) is 18.4 Å². The standard InChI is InChI=1S/C58H71F3N14O11/c1-57-28-43-41(27-46(57)58(57,60)61)55(69-68-43)56(82)67-37-30-66-74(33-37)38-11-17-73(18-12-38)51(80)13-19-84-21-23-86-24-22-85-20-14-62-47(76)7-8-50(79)72-15-9-35(10-16-72)54-53-39(40-26-45-36(25-42(40)59)29-65-71(45)2)5-4-6-44(53)75(70-54)34-49(78)63-31-48(77)64-32-52(81)83-3/h4-6,25-26,29-30,33,35,38,46H,7-24,27-28,31-32,34H2,1-3H3,(H,62,76)(H,63,78)(H,64,77)(H,67,82)(H,68,69)/t46-,57+/m1/s1. The first kappa shape index (κ1) is 60.9. The number of amides is 6. The van der Waals surface area contributed by atoms with E-state index in [4.69, 9.17) is 19.3 Å². The average Bonchev–Trinajstić information content (AvgIpc) is 1.54. The number of hydrogen-bond donors (Lipinski definition) is 5. The van der Waals surface area contributed by atoms with Crippen LogP contribution in [0.3, 0.4) is 0 Å². The van der Waals surface area contributed by atoms with Crippen molar-refractivity contribution in [2.75, 3.05) is 97.9 Å². The van der Waals surface area contributed by atoms with E-state index in [0.29, 0.717) is 122 Å². The van der Waals surface area contributed by atoms with Crippen molar-refractivity contribution in [3.8, 4) is 11.1 Å². The summed E-state index contributed by atoms with van der Waals surface area (Å²) in [6.07, 6.45) is 7.75. The molecule has 0 radical (unpaired) electrons. The van der Waals surface area contributed by atoms with Gasteiger partial charge in [-0.15, -0.1) is 0 Å². The fourth-order valence-electron chi connectivity index (χ4n) is 11.9. The lowest BCUT2D eigenvalue weighted by atomic mass is 9.87. The molecule has 86 heavy (non-hydrogen) atoms. The zero-order chi connectivity index (χ0) is 60.7. The number of aromatic nitrogens is 8. The number of rotatable bonds is 26. The molecular weight excluding hydrogens is 1130 g/mol. The first-order valence-corrected chi connectivity index (χ1v) is 29.0. The minimum Gasteiger partial charge on any atom is -0.468 e. The fourth-order valence-corrected chi connectivity index (χ4v) is 11.9. The Balaban J connectivity index is 0.579. The molecule has 2 aliphatic heterocycles. The van der Waals surface area contributed by atoms with Crippen LogP contribution in [0.5, 0.6) is 0 Å². The van der Waals surface area contributed by atoms with Crippen LogP contribution in [0, 0.1) is 17.2 Å². The number of aromatic amines is 1. The van der Waals surface area contributed by atoms with Crippen LogP contribution in [0.4, 0.5) is 18.9 Å². The van der Waals surface area contributed by atoms with Gasteiger partial charge < -0.3 is 50.0 Å². The highest BCUT2D eigenvalue weighted by Gasteiger charge is 2.78. The molecule has 4 aliphatic rings. The molecule has 2 atom stereocenters. The number of likely N-dealkylation sites (tertiary alicyclic amines) is 2. The van der Waals surface area contributed by atoms with Crippen LogP contribution in [0.1, 0.15) is 91.3 Å². The first-order valence-electron chi connectivity index (χ1n) is 29.0. The van der Waals surface area contributed by atoms with Gasteiger partial charge in [0.05, 0.1) is 101 Å². The maximum atomic E-state index is 15.9. The number of hydrogen-bond acceptors (Lipinski definition) is 15. The predicted molar refractivity (Wildman–Crippen MR) is 303 cm³/mol. The third kappa shape index (κ3) is 13.6. The Bertz CT molecular complexity index is 3490. The number of methoxy groups -OCH3 is 1. The molecule has 5 N–H and O–H groups in total. The van der Waals surface area contributed by atoms with Crippen LogP contribution < -0.4 is 21.3 Å². The van der Waals surface area contributed by atoms with Crippen molar-refractivity contribution < 1.29 is 65.7 Å². The van der Waals surface area contributed by atoms with Crippen LogP contribution in [0.25, 0.3) is 32.9 Å². The predicted octanol–water partition coefficient (Wildman–Crippen LogP) is 3.58. The second-order valence-electron chi connectivity index (χ2n) is 22.4. The number of aryl methyl sites for hydroxylation is 1. The van der Waals surface area contributed by atoms with Crippen molar-refractivity contribution >= 4 is 68.9 Å². The van der Waals surface area contributed by atoms with Gasteiger partial charge >= 0.3 is 5.97 Å². The number of anilines is 1. The number of benzene rings is 2. The lowest BCUT2D eigenvalue weighted by molar-refractivity contribution is -0.141. The summed E-state index contributed by atoms with van der Waals surface area (Å²) < 4.78 is 71.0. The van der Waals surface area contributed by atoms with Crippen molar-refractivity contribution in [3.05, 3.63) is 77.4 Å². The van der Waals surface area contributed by atoms with E-state index in [1.54, 1.807) is 76.0 Å². The summed E-state index contributed by atoms with van der Waals surface area (Å²) in [5, 5.41) is 32.4. The molecule has 4 aromatic heterocycles. The smallest absolute Gasteiger partial charge is 0.325 e. The molecule has 25 nitrogen and oxygen atoms in total. The molecule has 0 bridgehead atoms. The van der Waals surface area contributed by atoms with Gasteiger partial charge in [0.25, 0.3) is 11.8 Å². The fraction of sp³-hybridized carbons (Fsp3) is 0.534. The maximum Gasteiger partial charge on any atom is 0.325 e.